The van der Waals surface area contributed by atoms with Gasteiger partial charge in [-0.05, 0) is 54.4 Å². The second-order valence-corrected chi connectivity index (χ2v) is 7.75. The van der Waals surface area contributed by atoms with Crippen molar-refractivity contribution >= 4 is 11.6 Å². The number of aryl methyl sites for hydroxylation is 1. The Morgan fingerprint density at radius 1 is 0.900 bits per heavy atom. The molecule has 5 rings (SSSR count). The number of methoxy groups -OCH3 is 2. The van der Waals surface area contributed by atoms with E-state index in [4.69, 9.17) is 21.1 Å². The lowest BCUT2D eigenvalue weighted by atomic mass is 10.0. The number of benzene rings is 3. The van der Waals surface area contributed by atoms with Crippen LogP contribution in [-0.2, 0) is 12.8 Å². The number of aromatic nitrogens is 2. The molecule has 3 aromatic carbocycles. The summed E-state index contributed by atoms with van der Waals surface area (Å²) in [6.45, 7) is 0. The summed E-state index contributed by atoms with van der Waals surface area (Å²) in [5.74, 6) is 2.74. The quantitative estimate of drug-likeness (QED) is 0.427. The Balaban J connectivity index is 1.80. The van der Waals surface area contributed by atoms with Crippen molar-refractivity contribution in [3.8, 4) is 34.1 Å². The van der Waals surface area contributed by atoms with Crippen LogP contribution < -0.4 is 14.0 Å². The highest BCUT2D eigenvalue weighted by Crippen LogP contribution is 2.35. The summed E-state index contributed by atoms with van der Waals surface area (Å²) < 4.78 is 15.7. The molecule has 30 heavy (non-hydrogen) atoms. The molecular weight excluding hydrogens is 396 g/mol. The number of hydrogen-bond acceptors (Lipinski definition) is 2. The summed E-state index contributed by atoms with van der Waals surface area (Å²) in [5.41, 5.74) is 5.74. The summed E-state index contributed by atoms with van der Waals surface area (Å²) in [5, 5.41) is 0.724. The van der Waals surface area contributed by atoms with Crippen molar-refractivity contribution in [1.82, 2.24) is 4.57 Å². The molecule has 0 fully saturated rings. The Kier molecular flexibility index (Phi) is 4.72. The van der Waals surface area contributed by atoms with Crippen LogP contribution >= 0.6 is 11.6 Å². The van der Waals surface area contributed by atoms with E-state index in [1.54, 1.807) is 14.2 Å². The molecule has 0 bridgehead atoms. The molecule has 0 amide bonds. The van der Waals surface area contributed by atoms with E-state index in [9.17, 15) is 0 Å². The molecule has 0 atom stereocenters. The summed E-state index contributed by atoms with van der Waals surface area (Å²) in [7, 11) is 3.36. The van der Waals surface area contributed by atoms with E-state index in [2.05, 4.69) is 57.8 Å². The topological polar surface area (TPSA) is 27.3 Å². The van der Waals surface area contributed by atoms with Gasteiger partial charge in [-0.25, -0.2) is 0 Å². The van der Waals surface area contributed by atoms with Crippen LogP contribution in [0.1, 0.15) is 11.4 Å². The summed E-state index contributed by atoms with van der Waals surface area (Å²) in [6.07, 6.45) is 4.14. The first-order valence-corrected chi connectivity index (χ1v) is 10.3. The lowest BCUT2D eigenvalue weighted by Gasteiger charge is -2.15. The number of halogens is 1. The normalized spacial score (nSPS) is 12.2. The SMILES string of the molecule is COc1ccc(-n2c(-c3ccc(Cl)cc3)c[n+]3c2CCc2ccccc2-3)c(OC)c1. The van der Waals surface area contributed by atoms with Crippen LogP contribution in [0.3, 0.4) is 0 Å². The maximum Gasteiger partial charge on any atom is 0.267 e. The highest BCUT2D eigenvalue weighted by molar-refractivity contribution is 6.30. The van der Waals surface area contributed by atoms with Gasteiger partial charge in [-0.2, -0.15) is 9.13 Å². The third-order valence-electron chi connectivity index (χ3n) is 5.67. The number of ether oxygens (including phenoxy) is 2. The first kappa shape index (κ1) is 18.8. The third-order valence-corrected chi connectivity index (χ3v) is 5.92. The smallest absolute Gasteiger partial charge is 0.267 e. The maximum absolute atomic E-state index is 6.16. The van der Waals surface area contributed by atoms with Crippen LogP contribution in [0, 0.1) is 0 Å². The second-order valence-electron chi connectivity index (χ2n) is 7.31. The standard InChI is InChI=1S/C25H22ClN2O2/c1-29-20-12-13-22(24(15-20)30-2)28-23(18-7-10-19(26)11-8-18)16-27-21-6-4-3-5-17(21)9-14-25(27)28/h3-8,10-13,15-16H,9,14H2,1-2H3/q+1. The highest BCUT2D eigenvalue weighted by Gasteiger charge is 2.32. The van der Waals surface area contributed by atoms with Crippen molar-refractivity contribution < 1.29 is 14.0 Å². The molecule has 1 aromatic heterocycles. The van der Waals surface area contributed by atoms with Crippen LogP contribution in [-0.4, -0.2) is 18.8 Å². The Hall–Kier alpha value is -3.24. The van der Waals surface area contributed by atoms with Gasteiger partial charge >= 0.3 is 0 Å². The summed E-state index contributed by atoms with van der Waals surface area (Å²) in [4.78, 5) is 0. The lowest BCUT2D eigenvalue weighted by molar-refractivity contribution is -0.606. The molecule has 0 N–H and O–H groups in total. The van der Waals surface area contributed by atoms with Gasteiger partial charge in [0.25, 0.3) is 5.82 Å². The van der Waals surface area contributed by atoms with E-state index < -0.39 is 0 Å². The molecule has 2 heterocycles. The Bertz CT molecular complexity index is 1230. The third kappa shape index (κ3) is 3.04. The van der Waals surface area contributed by atoms with E-state index in [1.807, 2.05) is 24.3 Å². The van der Waals surface area contributed by atoms with Crippen molar-refractivity contribution in [3.63, 3.8) is 0 Å². The molecule has 0 saturated heterocycles. The van der Waals surface area contributed by atoms with Crippen LogP contribution in [0.2, 0.25) is 5.02 Å². The average Bonchev–Trinajstić information content (AvgIpc) is 3.19. The zero-order valence-electron chi connectivity index (χ0n) is 16.9. The van der Waals surface area contributed by atoms with Gasteiger partial charge in [0.2, 0.25) is 0 Å². The molecule has 0 saturated carbocycles. The average molecular weight is 418 g/mol. The van der Waals surface area contributed by atoms with Crippen molar-refractivity contribution in [2.45, 2.75) is 12.8 Å². The minimum atomic E-state index is 0.724. The largest absolute Gasteiger partial charge is 0.497 e. The summed E-state index contributed by atoms with van der Waals surface area (Å²) in [6, 6.07) is 22.5. The zero-order chi connectivity index (χ0) is 20.7. The van der Waals surface area contributed by atoms with Gasteiger partial charge in [0.05, 0.1) is 20.6 Å². The van der Waals surface area contributed by atoms with Crippen LogP contribution in [0.25, 0.3) is 22.6 Å². The fraction of sp³-hybridized carbons (Fsp3) is 0.160. The van der Waals surface area contributed by atoms with E-state index >= 15 is 0 Å². The monoisotopic (exact) mass is 417 g/mol. The maximum atomic E-state index is 6.16. The van der Waals surface area contributed by atoms with Gasteiger partial charge in [-0.3, -0.25) is 0 Å². The molecule has 4 nitrogen and oxygen atoms in total. The molecule has 0 spiro atoms. The van der Waals surface area contributed by atoms with Gasteiger partial charge in [0, 0.05) is 16.7 Å². The zero-order valence-corrected chi connectivity index (χ0v) is 17.7. The minimum Gasteiger partial charge on any atom is -0.497 e. The highest BCUT2D eigenvalue weighted by atomic mass is 35.5. The summed E-state index contributed by atoms with van der Waals surface area (Å²) >= 11 is 6.16. The number of para-hydroxylation sites is 1. The molecule has 5 heteroatoms. The molecule has 1 aliphatic rings. The van der Waals surface area contributed by atoms with Crippen LogP contribution in [0.15, 0.2) is 72.9 Å². The predicted molar refractivity (Wildman–Crippen MR) is 118 cm³/mol. The molecule has 0 unspecified atom stereocenters. The fourth-order valence-corrected chi connectivity index (χ4v) is 4.33. The van der Waals surface area contributed by atoms with E-state index in [-0.39, 0.29) is 0 Å². The van der Waals surface area contributed by atoms with Crippen LogP contribution in [0.5, 0.6) is 11.5 Å². The lowest BCUT2D eigenvalue weighted by Crippen LogP contribution is -2.39. The molecule has 4 aromatic rings. The second kappa shape index (κ2) is 7.54. The molecule has 0 aliphatic carbocycles. The number of hydrogen-bond donors (Lipinski definition) is 0. The van der Waals surface area contributed by atoms with Crippen LogP contribution in [0.4, 0.5) is 0 Å². The van der Waals surface area contributed by atoms with E-state index in [0.29, 0.717) is 0 Å². The molecule has 0 radical (unpaired) electrons. The first-order chi connectivity index (χ1) is 14.7. The molecule has 1 aliphatic heterocycles. The van der Waals surface area contributed by atoms with Gasteiger partial charge in [-0.15, -0.1) is 0 Å². The number of nitrogens with zero attached hydrogens (tertiary/aromatic N) is 2. The van der Waals surface area contributed by atoms with E-state index in [0.717, 1.165) is 46.3 Å². The van der Waals surface area contributed by atoms with Gasteiger partial charge < -0.3 is 9.47 Å². The van der Waals surface area contributed by atoms with Crippen molar-refractivity contribution in [2.75, 3.05) is 14.2 Å². The fourth-order valence-electron chi connectivity index (χ4n) is 4.21. The van der Waals surface area contributed by atoms with E-state index in [1.165, 1.54) is 17.1 Å². The van der Waals surface area contributed by atoms with Crippen molar-refractivity contribution in [1.29, 1.82) is 0 Å². The Morgan fingerprint density at radius 2 is 1.70 bits per heavy atom. The van der Waals surface area contributed by atoms with Crippen molar-refractivity contribution in [2.24, 2.45) is 0 Å². The van der Waals surface area contributed by atoms with Gasteiger partial charge in [-0.1, -0.05) is 29.8 Å². The Labute approximate surface area is 180 Å². The molecule has 150 valence electrons. The minimum absolute atomic E-state index is 0.724. The number of imidazole rings is 1. The first-order valence-electron chi connectivity index (χ1n) is 9.92. The predicted octanol–water partition coefficient (Wildman–Crippen LogP) is 5.19. The molecular formula is C25H22ClN2O2+. The number of fused-ring (bicyclic) bond motifs is 3. The van der Waals surface area contributed by atoms with Gasteiger partial charge in [0.15, 0.2) is 17.1 Å². The Morgan fingerprint density at radius 3 is 2.47 bits per heavy atom. The van der Waals surface area contributed by atoms with Gasteiger partial charge in [0.1, 0.15) is 17.6 Å². The van der Waals surface area contributed by atoms with Crippen molar-refractivity contribution in [3.05, 3.63) is 89.3 Å². The number of rotatable bonds is 4.